The molecule has 2 aromatic carbocycles. The summed E-state index contributed by atoms with van der Waals surface area (Å²) in [5.74, 6) is -1.29. The summed E-state index contributed by atoms with van der Waals surface area (Å²) in [6.07, 6.45) is 0.0767. The topological polar surface area (TPSA) is 162 Å². The van der Waals surface area contributed by atoms with Crippen LogP contribution in [0, 0.1) is 10.8 Å². The Morgan fingerprint density at radius 2 is 1.39 bits per heavy atom. The third-order valence-corrected chi connectivity index (χ3v) is 8.20. The molecule has 12 nitrogen and oxygen atoms in total. The molecule has 0 saturated heterocycles. The van der Waals surface area contributed by atoms with Crippen LogP contribution < -0.4 is 21.4 Å². The van der Waals surface area contributed by atoms with E-state index < -0.39 is 53.0 Å². The molecule has 0 spiro atoms. The fraction of sp³-hybridized carbons (Fsp3) is 0.462. The van der Waals surface area contributed by atoms with Crippen LogP contribution in [0.2, 0.25) is 0 Å². The van der Waals surface area contributed by atoms with E-state index in [-0.39, 0.29) is 32.0 Å². The first-order valence-electron chi connectivity index (χ1n) is 17.3. The van der Waals surface area contributed by atoms with E-state index in [0.29, 0.717) is 0 Å². The summed E-state index contributed by atoms with van der Waals surface area (Å²) in [6.45, 7) is 14.3. The quantitative estimate of drug-likeness (QED) is 0.146. The molecule has 4 unspecified atom stereocenters. The fourth-order valence-electron chi connectivity index (χ4n) is 5.52. The largest absolute Gasteiger partial charge is 0.450 e. The molecule has 1 heterocycles. The molecule has 0 bridgehead atoms. The first kappa shape index (κ1) is 40.6. The van der Waals surface area contributed by atoms with Gasteiger partial charge in [-0.25, -0.2) is 9.80 Å². The number of aliphatic hydroxyl groups is 1. The number of hydrogen-bond acceptors (Lipinski definition) is 8. The normalized spacial score (nSPS) is 14.1. The highest BCUT2D eigenvalue weighted by atomic mass is 16.5. The number of rotatable bonds is 15. The number of alkyl carbamates (subject to hydrolysis) is 1. The van der Waals surface area contributed by atoms with Gasteiger partial charge in [-0.15, -0.1) is 0 Å². The zero-order valence-electron chi connectivity index (χ0n) is 31.0. The van der Waals surface area contributed by atoms with Crippen molar-refractivity contribution in [2.45, 2.75) is 92.6 Å². The molecular weight excluding hydrogens is 648 g/mol. The molecule has 4 atom stereocenters. The van der Waals surface area contributed by atoms with Crippen LogP contribution in [0.25, 0.3) is 11.3 Å². The standard InChI is InChI=1S/C39H54N6O6/c1-9-51-37(50)43-33(38(3,4)5)35(48)42-31(23-27-15-11-10-12-16-27)32(47)25-45(44-36(49)34(39(6,7)8)41-26(2)46)24-28-18-20-29(21-19-28)30-17-13-14-22-40-30/h10-22,31-34,47H,9,23-25H2,1-8H3,(H,41,46)(H,42,48)(H,43,50)(H,44,49). The molecule has 0 saturated carbocycles. The lowest BCUT2D eigenvalue weighted by Gasteiger charge is -2.36. The second-order valence-electron chi connectivity index (χ2n) is 14.8. The minimum absolute atomic E-state index is 0.0893. The van der Waals surface area contributed by atoms with E-state index in [1.807, 2.05) is 114 Å². The van der Waals surface area contributed by atoms with Crippen LogP contribution in [-0.4, -0.2) is 76.3 Å². The molecule has 51 heavy (non-hydrogen) atoms. The van der Waals surface area contributed by atoms with Crippen molar-refractivity contribution >= 4 is 23.8 Å². The summed E-state index contributed by atoms with van der Waals surface area (Å²) in [5.41, 5.74) is 5.07. The van der Waals surface area contributed by atoms with E-state index in [1.165, 1.54) is 6.92 Å². The van der Waals surface area contributed by atoms with Gasteiger partial charge in [0.2, 0.25) is 11.8 Å². The average Bonchev–Trinajstić information content (AvgIpc) is 3.06. The number of pyridine rings is 1. The Hall–Kier alpha value is -4.81. The Balaban J connectivity index is 1.95. The molecular formula is C39H54N6O6. The minimum Gasteiger partial charge on any atom is -0.450 e. The lowest BCUT2D eigenvalue weighted by Crippen LogP contribution is -2.60. The van der Waals surface area contributed by atoms with E-state index >= 15 is 0 Å². The number of hydrazine groups is 1. The third-order valence-electron chi connectivity index (χ3n) is 8.20. The van der Waals surface area contributed by atoms with Gasteiger partial charge in [0.15, 0.2) is 0 Å². The molecule has 3 aromatic rings. The maximum absolute atomic E-state index is 13.8. The van der Waals surface area contributed by atoms with Gasteiger partial charge in [-0.2, -0.15) is 0 Å². The number of carbonyl (C=O) groups excluding carboxylic acids is 4. The molecule has 12 heteroatoms. The number of benzene rings is 2. The first-order chi connectivity index (χ1) is 24.0. The van der Waals surface area contributed by atoms with Crippen LogP contribution in [-0.2, 0) is 32.1 Å². The molecule has 1 aromatic heterocycles. The number of aliphatic hydroxyl groups excluding tert-OH is 1. The highest BCUT2D eigenvalue weighted by Gasteiger charge is 2.37. The summed E-state index contributed by atoms with van der Waals surface area (Å²) < 4.78 is 5.06. The van der Waals surface area contributed by atoms with E-state index in [2.05, 4.69) is 26.4 Å². The SMILES string of the molecule is CCOC(=O)NC(C(=O)NC(Cc1ccccc1)C(O)CN(Cc1ccc(-c2ccccn2)cc1)NC(=O)C(NC(C)=O)C(C)(C)C)C(C)(C)C. The van der Waals surface area contributed by atoms with Gasteiger partial charge in [-0.3, -0.25) is 24.8 Å². The van der Waals surface area contributed by atoms with Crippen molar-refractivity contribution in [2.24, 2.45) is 10.8 Å². The van der Waals surface area contributed by atoms with Crippen molar-refractivity contribution in [3.63, 3.8) is 0 Å². The van der Waals surface area contributed by atoms with Gasteiger partial charge in [0.25, 0.3) is 5.91 Å². The number of nitrogens with one attached hydrogen (secondary N) is 4. The maximum Gasteiger partial charge on any atom is 0.407 e. The van der Waals surface area contributed by atoms with Gasteiger partial charge in [0.05, 0.1) is 24.4 Å². The van der Waals surface area contributed by atoms with E-state index in [4.69, 9.17) is 4.74 Å². The monoisotopic (exact) mass is 702 g/mol. The zero-order chi connectivity index (χ0) is 37.8. The lowest BCUT2D eigenvalue weighted by atomic mass is 9.85. The summed E-state index contributed by atoms with van der Waals surface area (Å²) >= 11 is 0. The van der Waals surface area contributed by atoms with E-state index in [9.17, 15) is 24.3 Å². The molecule has 3 rings (SSSR count). The second-order valence-corrected chi connectivity index (χ2v) is 14.8. The molecule has 276 valence electrons. The highest BCUT2D eigenvalue weighted by Crippen LogP contribution is 2.22. The van der Waals surface area contributed by atoms with Crippen LogP contribution >= 0.6 is 0 Å². The molecule has 0 radical (unpaired) electrons. The number of carbonyl (C=O) groups is 4. The Morgan fingerprint density at radius 3 is 1.94 bits per heavy atom. The predicted molar refractivity (Wildman–Crippen MR) is 197 cm³/mol. The number of ether oxygens (including phenoxy) is 1. The van der Waals surface area contributed by atoms with Gasteiger partial charge in [0, 0.05) is 31.8 Å². The van der Waals surface area contributed by atoms with Crippen molar-refractivity contribution in [3.05, 3.63) is 90.1 Å². The summed E-state index contributed by atoms with van der Waals surface area (Å²) in [6, 6.07) is 20.1. The number of nitrogens with zero attached hydrogens (tertiary/aromatic N) is 2. The predicted octanol–water partition coefficient (Wildman–Crippen LogP) is 4.38. The van der Waals surface area contributed by atoms with E-state index in [1.54, 1.807) is 18.1 Å². The van der Waals surface area contributed by atoms with Crippen molar-refractivity contribution in [2.75, 3.05) is 13.2 Å². The fourth-order valence-corrected chi connectivity index (χ4v) is 5.52. The van der Waals surface area contributed by atoms with Crippen molar-refractivity contribution in [1.82, 2.24) is 31.4 Å². The van der Waals surface area contributed by atoms with Crippen LogP contribution in [0.3, 0.4) is 0 Å². The van der Waals surface area contributed by atoms with Crippen molar-refractivity contribution in [1.29, 1.82) is 0 Å². The van der Waals surface area contributed by atoms with E-state index in [0.717, 1.165) is 22.4 Å². The number of amides is 4. The number of aromatic nitrogens is 1. The molecule has 0 fully saturated rings. The van der Waals surface area contributed by atoms with Crippen LogP contribution in [0.5, 0.6) is 0 Å². The summed E-state index contributed by atoms with van der Waals surface area (Å²) in [5, 5.41) is 21.9. The highest BCUT2D eigenvalue weighted by molar-refractivity contribution is 5.87. The average molecular weight is 703 g/mol. The van der Waals surface area contributed by atoms with Crippen LogP contribution in [0.1, 0.15) is 66.5 Å². The van der Waals surface area contributed by atoms with Crippen molar-refractivity contribution < 1.29 is 29.0 Å². The van der Waals surface area contributed by atoms with Gasteiger partial charge in [-0.1, -0.05) is 102 Å². The molecule has 0 aliphatic heterocycles. The van der Waals surface area contributed by atoms with Crippen LogP contribution in [0.15, 0.2) is 79.0 Å². The Bertz CT molecular complexity index is 1570. The van der Waals surface area contributed by atoms with Gasteiger partial charge < -0.3 is 25.8 Å². The third kappa shape index (κ3) is 13.1. The summed E-state index contributed by atoms with van der Waals surface area (Å²) in [7, 11) is 0. The Morgan fingerprint density at radius 1 is 0.784 bits per heavy atom. The smallest absolute Gasteiger partial charge is 0.407 e. The van der Waals surface area contributed by atoms with Crippen molar-refractivity contribution in [3.8, 4) is 11.3 Å². The molecule has 5 N–H and O–H groups in total. The second kappa shape index (κ2) is 18.4. The molecule has 0 aliphatic rings. The minimum atomic E-state index is -1.20. The lowest BCUT2D eigenvalue weighted by molar-refractivity contribution is -0.135. The summed E-state index contributed by atoms with van der Waals surface area (Å²) in [4.78, 5) is 56.5. The van der Waals surface area contributed by atoms with Gasteiger partial charge >= 0.3 is 6.09 Å². The van der Waals surface area contributed by atoms with Crippen LogP contribution in [0.4, 0.5) is 4.79 Å². The number of hydrogen-bond donors (Lipinski definition) is 5. The van der Waals surface area contributed by atoms with Gasteiger partial charge in [0.1, 0.15) is 12.1 Å². The first-order valence-corrected chi connectivity index (χ1v) is 17.3. The maximum atomic E-state index is 13.8. The Labute approximate surface area is 301 Å². The zero-order valence-corrected chi connectivity index (χ0v) is 31.0. The Kier molecular flexibility index (Phi) is 14.7. The van der Waals surface area contributed by atoms with Gasteiger partial charge in [-0.05, 0) is 47.4 Å². The molecule has 0 aliphatic carbocycles. The molecule has 4 amide bonds.